The summed E-state index contributed by atoms with van der Waals surface area (Å²) in [6.45, 7) is 7.50. The van der Waals surface area contributed by atoms with E-state index in [2.05, 4.69) is 6.92 Å². The topological polar surface area (TPSA) is 98.2 Å². The number of ketones is 1. The van der Waals surface area contributed by atoms with Crippen molar-refractivity contribution in [1.82, 2.24) is 4.98 Å². The lowest BCUT2D eigenvalue weighted by Crippen LogP contribution is -2.29. The largest absolute Gasteiger partial charge is 0.507 e. The number of hydrogen-bond donors (Lipinski definition) is 1. The van der Waals surface area contributed by atoms with Gasteiger partial charge in [0.15, 0.2) is 16.6 Å². The van der Waals surface area contributed by atoms with Gasteiger partial charge in [0, 0.05) is 5.56 Å². The van der Waals surface area contributed by atoms with Gasteiger partial charge in [-0.1, -0.05) is 49.3 Å². The van der Waals surface area contributed by atoms with Crippen molar-refractivity contribution in [3.8, 4) is 17.2 Å². The number of aryl methyl sites for hydroxylation is 2. The maximum atomic E-state index is 13.7. The highest BCUT2D eigenvalue weighted by atomic mass is 32.1. The SMILES string of the molecule is CCCCCOc1cccc([C@H]2/C(=C(\O)c3ccc4c(c3)OCCO4)C(=O)C(=O)N2c2nc3c(C)cc(C)cc3s2)c1. The number of carbonyl (C=O) groups excluding carboxylic acids is 2. The van der Waals surface area contributed by atoms with Crippen LogP contribution in [0.4, 0.5) is 5.13 Å². The Labute approximate surface area is 248 Å². The number of amides is 1. The van der Waals surface area contributed by atoms with Crippen LogP contribution in [0, 0.1) is 13.8 Å². The number of nitrogens with zero attached hydrogens (tertiary/aromatic N) is 2. The molecule has 216 valence electrons. The van der Waals surface area contributed by atoms with E-state index < -0.39 is 17.7 Å². The Balaban J connectivity index is 1.49. The van der Waals surface area contributed by atoms with Crippen LogP contribution in [0.1, 0.15) is 54.5 Å². The number of anilines is 1. The summed E-state index contributed by atoms with van der Waals surface area (Å²) in [5.74, 6) is -0.168. The van der Waals surface area contributed by atoms with Crippen LogP contribution in [0.2, 0.25) is 0 Å². The average Bonchev–Trinajstić information content (AvgIpc) is 3.53. The second kappa shape index (κ2) is 11.5. The zero-order chi connectivity index (χ0) is 29.4. The van der Waals surface area contributed by atoms with E-state index in [0.717, 1.165) is 40.6 Å². The number of Topliss-reactive ketones (excluding diaryl/α,β-unsaturated/α-hetero) is 1. The number of fused-ring (bicyclic) bond motifs is 2. The third-order valence-electron chi connectivity index (χ3n) is 7.48. The molecule has 0 spiro atoms. The number of unbranched alkanes of at least 4 members (excludes halogenated alkanes) is 2. The lowest BCUT2D eigenvalue weighted by atomic mass is 9.95. The smallest absolute Gasteiger partial charge is 0.301 e. The number of thiazole rings is 1. The van der Waals surface area contributed by atoms with Crippen molar-refractivity contribution in [2.45, 2.75) is 46.1 Å². The van der Waals surface area contributed by atoms with E-state index in [0.29, 0.717) is 53.3 Å². The van der Waals surface area contributed by atoms with Crippen LogP contribution >= 0.6 is 11.3 Å². The van der Waals surface area contributed by atoms with Crippen molar-refractivity contribution in [1.29, 1.82) is 0 Å². The normalized spacial score (nSPS) is 17.7. The predicted molar refractivity (Wildman–Crippen MR) is 163 cm³/mol. The molecule has 1 N–H and O–H groups in total. The third-order valence-corrected chi connectivity index (χ3v) is 8.48. The summed E-state index contributed by atoms with van der Waals surface area (Å²) in [5.41, 5.74) is 3.81. The number of aliphatic hydroxyl groups is 1. The Morgan fingerprint density at radius 1 is 1.05 bits per heavy atom. The second-order valence-corrected chi connectivity index (χ2v) is 11.6. The molecule has 1 atom stereocenters. The molecule has 42 heavy (non-hydrogen) atoms. The van der Waals surface area contributed by atoms with E-state index in [1.165, 1.54) is 16.2 Å². The minimum Gasteiger partial charge on any atom is -0.507 e. The maximum Gasteiger partial charge on any atom is 0.301 e. The molecule has 0 saturated carbocycles. The zero-order valence-electron chi connectivity index (χ0n) is 23.8. The van der Waals surface area contributed by atoms with Gasteiger partial charge in [-0.05, 0) is 73.4 Å². The number of carbonyl (C=O) groups is 2. The fourth-order valence-corrected chi connectivity index (χ4v) is 6.64. The number of aliphatic hydroxyl groups excluding tert-OH is 1. The number of benzene rings is 3. The molecule has 0 unspecified atom stereocenters. The minimum atomic E-state index is -0.917. The van der Waals surface area contributed by atoms with Crippen LogP contribution < -0.4 is 19.1 Å². The molecule has 0 radical (unpaired) electrons. The van der Waals surface area contributed by atoms with Gasteiger partial charge in [-0.3, -0.25) is 14.5 Å². The Morgan fingerprint density at radius 3 is 2.67 bits per heavy atom. The Bertz CT molecular complexity index is 1730. The van der Waals surface area contributed by atoms with Crippen molar-refractivity contribution in [3.63, 3.8) is 0 Å². The molecule has 4 aromatic rings. The molecule has 6 rings (SSSR count). The van der Waals surface area contributed by atoms with E-state index in [-0.39, 0.29) is 11.3 Å². The molecule has 0 bridgehead atoms. The first-order chi connectivity index (χ1) is 20.4. The fourth-order valence-electron chi connectivity index (χ4n) is 5.47. The summed E-state index contributed by atoms with van der Waals surface area (Å²) in [6, 6.07) is 15.5. The van der Waals surface area contributed by atoms with Crippen molar-refractivity contribution < 1.29 is 28.9 Å². The Kier molecular flexibility index (Phi) is 7.60. The van der Waals surface area contributed by atoms with Crippen molar-refractivity contribution in [2.24, 2.45) is 0 Å². The molecule has 0 aliphatic carbocycles. The molecule has 1 saturated heterocycles. The van der Waals surface area contributed by atoms with E-state index in [1.54, 1.807) is 18.2 Å². The standard InChI is InChI=1S/C33H32N2O6S/c1-4-5-6-12-39-23-9-7-8-21(17-23)29-27(30(36)22-10-11-24-25(18-22)41-14-13-40-24)31(37)32(38)35(29)33-34-28-20(3)15-19(2)16-26(28)42-33/h7-11,15-18,29,36H,4-6,12-14H2,1-3H3/b30-27+/t29-/m0/s1. The van der Waals surface area contributed by atoms with Crippen molar-refractivity contribution in [3.05, 3.63) is 82.4 Å². The summed E-state index contributed by atoms with van der Waals surface area (Å²) < 4.78 is 18.3. The van der Waals surface area contributed by atoms with Crippen LogP contribution in [0.25, 0.3) is 16.0 Å². The van der Waals surface area contributed by atoms with Gasteiger partial charge < -0.3 is 19.3 Å². The number of ether oxygens (including phenoxy) is 3. The van der Waals surface area contributed by atoms with Gasteiger partial charge >= 0.3 is 5.91 Å². The minimum absolute atomic E-state index is 0.0213. The van der Waals surface area contributed by atoms with Crippen LogP contribution in [-0.2, 0) is 9.59 Å². The third kappa shape index (κ3) is 5.09. The fraction of sp³-hybridized carbons (Fsp3) is 0.303. The van der Waals surface area contributed by atoms with Gasteiger partial charge in [0.05, 0.1) is 28.4 Å². The Hall–Kier alpha value is -4.37. The monoisotopic (exact) mass is 584 g/mol. The first kappa shape index (κ1) is 27.8. The first-order valence-corrected chi connectivity index (χ1v) is 15.0. The van der Waals surface area contributed by atoms with E-state index >= 15 is 0 Å². The van der Waals surface area contributed by atoms with E-state index in [4.69, 9.17) is 19.2 Å². The molecule has 1 fully saturated rings. The van der Waals surface area contributed by atoms with Gasteiger partial charge in [0.1, 0.15) is 24.7 Å². The molecule has 2 aliphatic heterocycles. The molecule has 1 aromatic heterocycles. The first-order valence-electron chi connectivity index (χ1n) is 14.2. The van der Waals surface area contributed by atoms with Crippen molar-refractivity contribution >= 4 is 44.1 Å². The molecule has 3 aromatic carbocycles. The van der Waals surface area contributed by atoms with Crippen LogP contribution in [0.3, 0.4) is 0 Å². The molecule has 2 aliphatic rings. The molecule has 8 nitrogen and oxygen atoms in total. The van der Waals surface area contributed by atoms with Gasteiger partial charge in [-0.15, -0.1) is 0 Å². The van der Waals surface area contributed by atoms with Crippen LogP contribution in [0.5, 0.6) is 17.2 Å². The molecular weight excluding hydrogens is 552 g/mol. The van der Waals surface area contributed by atoms with Gasteiger partial charge in [-0.2, -0.15) is 0 Å². The highest BCUT2D eigenvalue weighted by molar-refractivity contribution is 7.22. The number of hydrogen-bond acceptors (Lipinski definition) is 8. The molecular formula is C33H32N2O6S. The van der Waals surface area contributed by atoms with Crippen molar-refractivity contribution in [2.75, 3.05) is 24.7 Å². The highest BCUT2D eigenvalue weighted by Gasteiger charge is 2.48. The van der Waals surface area contributed by atoms with Gasteiger partial charge in [-0.25, -0.2) is 4.98 Å². The second-order valence-electron chi connectivity index (χ2n) is 10.6. The number of aromatic nitrogens is 1. The highest BCUT2D eigenvalue weighted by Crippen LogP contribution is 2.46. The average molecular weight is 585 g/mol. The molecule has 3 heterocycles. The summed E-state index contributed by atoms with van der Waals surface area (Å²) >= 11 is 1.35. The summed E-state index contributed by atoms with van der Waals surface area (Å²) in [4.78, 5) is 33.7. The Morgan fingerprint density at radius 2 is 1.86 bits per heavy atom. The van der Waals surface area contributed by atoms with Gasteiger partial charge in [0.2, 0.25) is 0 Å². The lowest BCUT2D eigenvalue weighted by Gasteiger charge is -2.24. The summed E-state index contributed by atoms with van der Waals surface area (Å²) in [5, 5.41) is 12.0. The van der Waals surface area contributed by atoms with Crippen LogP contribution in [-0.4, -0.2) is 41.6 Å². The molecule has 1 amide bonds. The van der Waals surface area contributed by atoms with E-state index in [1.807, 2.05) is 50.2 Å². The molecule has 9 heteroatoms. The summed E-state index contributed by atoms with van der Waals surface area (Å²) in [6.07, 6.45) is 3.07. The van der Waals surface area contributed by atoms with Crippen LogP contribution in [0.15, 0.2) is 60.2 Å². The quantitative estimate of drug-likeness (QED) is 0.104. The number of rotatable bonds is 8. The van der Waals surface area contributed by atoms with Gasteiger partial charge in [0.25, 0.3) is 5.78 Å². The lowest BCUT2D eigenvalue weighted by molar-refractivity contribution is -0.132. The zero-order valence-corrected chi connectivity index (χ0v) is 24.6. The maximum absolute atomic E-state index is 13.7. The summed E-state index contributed by atoms with van der Waals surface area (Å²) in [7, 11) is 0. The van der Waals surface area contributed by atoms with E-state index in [9.17, 15) is 14.7 Å². The predicted octanol–water partition coefficient (Wildman–Crippen LogP) is 6.88.